The zero-order chi connectivity index (χ0) is 19.9. The number of fused-ring (bicyclic) bond motifs is 5. The number of nitrogens with one attached hydrogen (secondary N) is 1. The molecule has 6 aromatic rings. The van der Waals surface area contributed by atoms with Gasteiger partial charge in [-0.15, -0.1) is 11.3 Å². The van der Waals surface area contributed by atoms with E-state index in [1.54, 1.807) is 0 Å². The van der Waals surface area contributed by atoms with Crippen LogP contribution in [-0.4, -0.2) is 0 Å². The summed E-state index contributed by atoms with van der Waals surface area (Å²) in [7, 11) is 0. The highest BCUT2D eigenvalue weighted by Crippen LogP contribution is 2.44. The van der Waals surface area contributed by atoms with Gasteiger partial charge in [0.25, 0.3) is 0 Å². The second kappa shape index (κ2) is 7.01. The summed E-state index contributed by atoms with van der Waals surface area (Å²) >= 11 is 1.90. The molecule has 0 radical (unpaired) electrons. The van der Waals surface area contributed by atoms with Gasteiger partial charge in [0.15, 0.2) is 0 Å². The maximum atomic E-state index is 3.60. The molecule has 1 nitrogen and oxygen atoms in total. The van der Waals surface area contributed by atoms with Crippen molar-refractivity contribution in [1.82, 2.24) is 0 Å². The zero-order valence-electron chi connectivity index (χ0n) is 16.3. The summed E-state index contributed by atoms with van der Waals surface area (Å²) in [6.07, 6.45) is 0. The van der Waals surface area contributed by atoms with E-state index in [4.69, 9.17) is 0 Å². The van der Waals surface area contributed by atoms with E-state index in [1.165, 1.54) is 42.1 Å². The number of rotatable bonds is 3. The fourth-order valence-corrected chi connectivity index (χ4v) is 5.61. The molecule has 2 heteroatoms. The van der Waals surface area contributed by atoms with Gasteiger partial charge in [-0.1, -0.05) is 91.0 Å². The van der Waals surface area contributed by atoms with E-state index in [1.807, 2.05) is 17.4 Å². The Morgan fingerprint density at radius 1 is 0.467 bits per heavy atom. The third-order valence-electron chi connectivity index (χ3n) is 5.66. The SMILES string of the molecule is c1ccc(Nc2ccccc2-c2cccc3c2sc2c4ccccc4ccc32)cc1. The molecular formula is C28H19NS. The molecule has 1 aromatic heterocycles. The van der Waals surface area contributed by atoms with Gasteiger partial charge in [0, 0.05) is 42.7 Å². The summed E-state index contributed by atoms with van der Waals surface area (Å²) in [4.78, 5) is 0. The molecule has 1 heterocycles. The van der Waals surface area contributed by atoms with E-state index in [2.05, 4.69) is 108 Å². The fourth-order valence-electron chi connectivity index (χ4n) is 4.24. The molecule has 142 valence electrons. The lowest BCUT2D eigenvalue weighted by molar-refractivity contribution is 1.54. The Hall–Kier alpha value is -3.62. The van der Waals surface area contributed by atoms with Gasteiger partial charge in [0.2, 0.25) is 0 Å². The molecule has 0 spiro atoms. The monoisotopic (exact) mass is 401 g/mol. The predicted octanol–water partition coefficient (Wildman–Crippen LogP) is 8.62. The van der Waals surface area contributed by atoms with Crippen molar-refractivity contribution in [3.8, 4) is 11.1 Å². The van der Waals surface area contributed by atoms with Crippen LogP contribution in [-0.2, 0) is 0 Å². The van der Waals surface area contributed by atoms with E-state index in [9.17, 15) is 0 Å². The summed E-state index contributed by atoms with van der Waals surface area (Å²) in [5.74, 6) is 0. The van der Waals surface area contributed by atoms with Crippen LogP contribution in [0.5, 0.6) is 0 Å². The molecule has 0 aliphatic carbocycles. The fraction of sp³-hybridized carbons (Fsp3) is 0. The first-order chi connectivity index (χ1) is 14.9. The van der Waals surface area contributed by atoms with Crippen molar-refractivity contribution in [2.24, 2.45) is 0 Å². The van der Waals surface area contributed by atoms with Gasteiger partial charge >= 0.3 is 0 Å². The molecule has 0 bridgehead atoms. The summed E-state index contributed by atoms with van der Waals surface area (Å²) in [5, 5.41) is 8.89. The molecule has 0 saturated carbocycles. The smallest absolute Gasteiger partial charge is 0.0464 e. The average molecular weight is 402 g/mol. The Morgan fingerprint density at radius 3 is 2.10 bits per heavy atom. The van der Waals surface area contributed by atoms with Gasteiger partial charge in [-0.3, -0.25) is 0 Å². The lowest BCUT2D eigenvalue weighted by Gasteiger charge is -2.13. The molecule has 0 aliphatic heterocycles. The largest absolute Gasteiger partial charge is 0.355 e. The van der Waals surface area contributed by atoms with Crippen LogP contribution in [0, 0.1) is 0 Å². The predicted molar refractivity (Wildman–Crippen MR) is 132 cm³/mol. The molecule has 0 atom stereocenters. The maximum absolute atomic E-state index is 3.60. The van der Waals surface area contributed by atoms with E-state index in [0.717, 1.165) is 11.4 Å². The molecule has 0 amide bonds. The van der Waals surface area contributed by atoms with Crippen LogP contribution in [0.15, 0.2) is 109 Å². The highest BCUT2D eigenvalue weighted by molar-refractivity contribution is 7.27. The van der Waals surface area contributed by atoms with Crippen molar-refractivity contribution in [3.63, 3.8) is 0 Å². The lowest BCUT2D eigenvalue weighted by atomic mass is 10.00. The van der Waals surface area contributed by atoms with Gasteiger partial charge in [0.05, 0.1) is 0 Å². The Morgan fingerprint density at radius 2 is 1.17 bits per heavy atom. The van der Waals surface area contributed by atoms with Crippen LogP contribution in [0.1, 0.15) is 0 Å². The van der Waals surface area contributed by atoms with Crippen molar-refractivity contribution in [2.75, 3.05) is 5.32 Å². The van der Waals surface area contributed by atoms with E-state index < -0.39 is 0 Å². The van der Waals surface area contributed by atoms with E-state index in [-0.39, 0.29) is 0 Å². The number of hydrogen-bond acceptors (Lipinski definition) is 2. The topological polar surface area (TPSA) is 12.0 Å². The number of benzene rings is 5. The first kappa shape index (κ1) is 17.3. The summed E-state index contributed by atoms with van der Waals surface area (Å²) < 4.78 is 2.70. The molecule has 0 fully saturated rings. The van der Waals surface area contributed by atoms with Crippen molar-refractivity contribution in [2.45, 2.75) is 0 Å². The molecule has 0 saturated heterocycles. The quantitative estimate of drug-likeness (QED) is 0.313. The van der Waals surface area contributed by atoms with E-state index >= 15 is 0 Å². The van der Waals surface area contributed by atoms with Crippen molar-refractivity contribution >= 4 is 53.7 Å². The number of hydrogen-bond donors (Lipinski definition) is 1. The third kappa shape index (κ3) is 2.77. The van der Waals surface area contributed by atoms with Crippen LogP contribution < -0.4 is 5.32 Å². The highest BCUT2D eigenvalue weighted by atomic mass is 32.1. The molecule has 0 aliphatic rings. The minimum absolute atomic E-state index is 1.10. The van der Waals surface area contributed by atoms with Gasteiger partial charge in [0.1, 0.15) is 0 Å². The number of para-hydroxylation sites is 2. The molecule has 1 N–H and O–H groups in total. The summed E-state index contributed by atoms with van der Waals surface area (Å²) in [6, 6.07) is 38.8. The van der Waals surface area contributed by atoms with Crippen LogP contribution >= 0.6 is 11.3 Å². The van der Waals surface area contributed by atoms with Gasteiger partial charge in [-0.05, 0) is 29.0 Å². The second-order valence-corrected chi connectivity index (χ2v) is 8.50. The molecular weight excluding hydrogens is 382 g/mol. The minimum Gasteiger partial charge on any atom is -0.355 e. The molecule has 30 heavy (non-hydrogen) atoms. The van der Waals surface area contributed by atoms with Crippen LogP contribution in [0.4, 0.5) is 11.4 Å². The van der Waals surface area contributed by atoms with Gasteiger partial charge < -0.3 is 5.32 Å². The first-order valence-electron chi connectivity index (χ1n) is 10.1. The Kier molecular flexibility index (Phi) is 4.03. The Labute approximate surface area is 179 Å². The highest BCUT2D eigenvalue weighted by Gasteiger charge is 2.14. The first-order valence-corrected chi connectivity index (χ1v) is 10.9. The molecule has 6 rings (SSSR count). The average Bonchev–Trinajstić information content (AvgIpc) is 3.20. The lowest BCUT2D eigenvalue weighted by Crippen LogP contribution is -1.92. The van der Waals surface area contributed by atoms with Crippen molar-refractivity contribution < 1.29 is 0 Å². The maximum Gasteiger partial charge on any atom is 0.0464 e. The molecule has 5 aromatic carbocycles. The summed E-state index contributed by atoms with van der Waals surface area (Å²) in [5.41, 5.74) is 4.72. The van der Waals surface area contributed by atoms with Crippen LogP contribution in [0.2, 0.25) is 0 Å². The van der Waals surface area contributed by atoms with Crippen LogP contribution in [0.25, 0.3) is 42.1 Å². The second-order valence-electron chi connectivity index (χ2n) is 7.48. The number of anilines is 2. The number of thiophene rings is 1. The standard InChI is InChI=1S/C28H19NS/c1-2-10-20(11-3-1)29-26-16-7-6-13-22(26)23-14-8-15-24-25-18-17-19-9-4-5-12-21(19)27(25)30-28(23)24/h1-18,29H. The van der Waals surface area contributed by atoms with Gasteiger partial charge in [-0.2, -0.15) is 0 Å². The van der Waals surface area contributed by atoms with E-state index in [0.29, 0.717) is 0 Å². The summed E-state index contributed by atoms with van der Waals surface area (Å²) in [6.45, 7) is 0. The van der Waals surface area contributed by atoms with Crippen molar-refractivity contribution in [1.29, 1.82) is 0 Å². The minimum atomic E-state index is 1.10. The molecule has 0 unspecified atom stereocenters. The van der Waals surface area contributed by atoms with Crippen LogP contribution in [0.3, 0.4) is 0 Å². The zero-order valence-corrected chi connectivity index (χ0v) is 17.1. The third-order valence-corrected chi connectivity index (χ3v) is 6.95. The van der Waals surface area contributed by atoms with Gasteiger partial charge in [-0.25, -0.2) is 0 Å². The normalized spacial score (nSPS) is 11.3. The Bertz CT molecular complexity index is 1510. The van der Waals surface area contributed by atoms with Crippen molar-refractivity contribution in [3.05, 3.63) is 109 Å². The Balaban J connectivity index is 1.60.